The minimum absolute atomic E-state index is 0.143. The van der Waals surface area contributed by atoms with Gasteiger partial charge in [0.2, 0.25) is 5.88 Å². The largest absolute Gasteiger partial charge is 0.465 e. The third kappa shape index (κ3) is 5.03. The minimum atomic E-state index is -0.539. The number of carbonyl (C=O) groups is 1. The van der Waals surface area contributed by atoms with Crippen LogP contribution in [0.25, 0.3) is 11.3 Å². The molecule has 0 aliphatic heterocycles. The molecule has 3 rings (SSSR count). The Morgan fingerprint density at radius 3 is 2.61 bits per heavy atom. The maximum Gasteiger partial charge on any atom is 0.344 e. The van der Waals surface area contributed by atoms with Crippen molar-refractivity contribution in [3.63, 3.8) is 0 Å². The zero-order valence-corrected chi connectivity index (χ0v) is 17.3. The number of aryl methyl sites for hydroxylation is 1. The average Bonchev–Trinajstić information content (AvgIpc) is 2.80. The molecule has 1 aliphatic rings. The van der Waals surface area contributed by atoms with Crippen molar-refractivity contribution in [3.8, 4) is 11.6 Å². The van der Waals surface area contributed by atoms with Gasteiger partial charge >= 0.3 is 5.97 Å². The van der Waals surface area contributed by atoms with Gasteiger partial charge in [0.15, 0.2) is 6.61 Å². The van der Waals surface area contributed by atoms with E-state index >= 15 is 0 Å². The topological polar surface area (TPSA) is 53.4 Å². The second-order valence-electron chi connectivity index (χ2n) is 8.22. The van der Waals surface area contributed by atoms with Gasteiger partial charge in [0.25, 0.3) is 0 Å². The Balaban J connectivity index is 1.96. The van der Waals surface area contributed by atoms with Crippen molar-refractivity contribution in [1.29, 1.82) is 0 Å². The lowest BCUT2D eigenvalue weighted by Gasteiger charge is -2.20. The second-order valence-corrected chi connectivity index (χ2v) is 8.22. The van der Waals surface area contributed by atoms with Gasteiger partial charge in [-0.3, -0.25) is 0 Å². The third-order valence-corrected chi connectivity index (χ3v) is 4.63. The molecule has 2 aromatic rings. The van der Waals surface area contributed by atoms with E-state index in [1.54, 1.807) is 4.68 Å². The standard InChI is InChI=1S/C23H30N2O3/c1-17-21(18-12-8-5-6-9-13-18)22(27-16-20(26)28-23(2,3)4)25(24-17)19-14-10-7-11-15-19/h7,10-12,14-15H,5-6,8-9,13,16H2,1-4H3. The summed E-state index contributed by atoms with van der Waals surface area (Å²) in [7, 11) is 0. The second kappa shape index (κ2) is 8.63. The minimum Gasteiger partial charge on any atom is -0.465 e. The summed E-state index contributed by atoms with van der Waals surface area (Å²) in [5.41, 5.74) is 3.55. The molecule has 1 aromatic carbocycles. The quantitative estimate of drug-likeness (QED) is 0.663. The predicted octanol–water partition coefficient (Wildman–Crippen LogP) is 5.25. The highest BCUT2D eigenvalue weighted by atomic mass is 16.6. The van der Waals surface area contributed by atoms with Crippen molar-refractivity contribution < 1.29 is 14.3 Å². The molecule has 0 atom stereocenters. The molecule has 1 aromatic heterocycles. The average molecular weight is 383 g/mol. The van der Waals surface area contributed by atoms with E-state index in [4.69, 9.17) is 14.6 Å². The van der Waals surface area contributed by atoms with Crippen LogP contribution >= 0.6 is 0 Å². The molecule has 0 spiro atoms. The summed E-state index contributed by atoms with van der Waals surface area (Å²) in [5.74, 6) is 0.231. The third-order valence-electron chi connectivity index (χ3n) is 4.63. The lowest BCUT2D eigenvalue weighted by atomic mass is 10.0. The molecule has 0 amide bonds. The highest BCUT2D eigenvalue weighted by Crippen LogP contribution is 2.36. The molecule has 5 nitrogen and oxygen atoms in total. The van der Waals surface area contributed by atoms with Crippen LogP contribution in [0.1, 0.15) is 64.1 Å². The Labute approximate surface area is 167 Å². The molecular formula is C23H30N2O3. The van der Waals surface area contributed by atoms with Crippen molar-refractivity contribution in [2.45, 2.75) is 65.4 Å². The van der Waals surface area contributed by atoms with E-state index in [-0.39, 0.29) is 12.6 Å². The van der Waals surface area contributed by atoms with Crippen LogP contribution in [0.3, 0.4) is 0 Å². The fraction of sp³-hybridized carbons (Fsp3) is 0.478. The van der Waals surface area contributed by atoms with E-state index in [9.17, 15) is 4.79 Å². The lowest BCUT2D eigenvalue weighted by Crippen LogP contribution is -2.27. The number of aromatic nitrogens is 2. The van der Waals surface area contributed by atoms with Gasteiger partial charge in [-0.05, 0) is 71.1 Å². The number of hydrogen-bond donors (Lipinski definition) is 0. The molecule has 150 valence electrons. The zero-order valence-electron chi connectivity index (χ0n) is 17.3. The van der Waals surface area contributed by atoms with Crippen LogP contribution in [0.15, 0.2) is 36.4 Å². The summed E-state index contributed by atoms with van der Waals surface area (Å²) in [6.45, 7) is 7.41. The molecular weight excluding hydrogens is 352 g/mol. The fourth-order valence-corrected chi connectivity index (χ4v) is 3.49. The maximum absolute atomic E-state index is 12.2. The lowest BCUT2D eigenvalue weighted by molar-refractivity contribution is -0.157. The molecule has 0 fully saturated rings. The van der Waals surface area contributed by atoms with Gasteiger partial charge in [-0.25, -0.2) is 9.48 Å². The zero-order chi connectivity index (χ0) is 20.1. The van der Waals surface area contributed by atoms with Crippen molar-refractivity contribution >= 4 is 11.5 Å². The van der Waals surface area contributed by atoms with E-state index in [1.807, 2.05) is 58.0 Å². The first-order valence-corrected chi connectivity index (χ1v) is 10.0. The Morgan fingerprint density at radius 2 is 1.89 bits per heavy atom. The van der Waals surface area contributed by atoms with Gasteiger partial charge in [0.05, 0.1) is 16.9 Å². The van der Waals surface area contributed by atoms with Crippen LogP contribution in [-0.4, -0.2) is 28.0 Å². The van der Waals surface area contributed by atoms with Crippen molar-refractivity contribution in [2.24, 2.45) is 0 Å². The Bertz CT molecular complexity index is 845. The van der Waals surface area contributed by atoms with Gasteiger partial charge < -0.3 is 9.47 Å². The first-order chi connectivity index (χ1) is 13.3. The van der Waals surface area contributed by atoms with E-state index < -0.39 is 5.60 Å². The molecule has 0 saturated carbocycles. The molecule has 0 unspecified atom stereocenters. The van der Waals surface area contributed by atoms with E-state index in [0.29, 0.717) is 5.88 Å². The summed E-state index contributed by atoms with van der Waals surface area (Å²) in [5, 5.41) is 4.74. The monoisotopic (exact) mass is 382 g/mol. The molecule has 1 aliphatic carbocycles. The van der Waals surface area contributed by atoms with Gasteiger partial charge in [-0.15, -0.1) is 0 Å². The van der Waals surface area contributed by atoms with Crippen molar-refractivity contribution in [1.82, 2.24) is 9.78 Å². The van der Waals surface area contributed by atoms with E-state index in [1.165, 1.54) is 18.4 Å². The number of esters is 1. The summed E-state index contributed by atoms with van der Waals surface area (Å²) in [6.07, 6.45) is 7.98. The highest BCUT2D eigenvalue weighted by Gasteiger charge is 2.24. The summed E-state index contributed by atoms with van der Waals surface area (Å²) < 4.78 is 13.2. The van der Waals surface area contributed by atoms with Crippen molar-refractivity contribution in [3.05, 3.63) is 47.7 Å². The summed E-state index contributed by atoms with van der Waals surface area (Å²) in [4.78, 5) is 12.2. The number of rotatable bonds is 5. The highest BCUT2D eigenvalue weighted by molar-refractivity contribution is 5.74. The van der Waals surface area contributed by atoms with Crippen LogP contribution < -0.4 is 4.74 Å². The van der Waals surface area contributed by atoms with Gasteiger partial charge in [0.1, 0.15) is 5.60 Å². The van der Waals surface area contributed by atoms with Gasteiger partial charge in [-0.1, -0.05) is 30.7 Å². The normalized spacial score (nSPS) is 14.9. The first-order valence-electron chi connectivity index (χ1n) is 10.0. The molecule has 28 heavy (non-hydrogen) atoms. The number of nitrogens with zero attached hydrogens (tertiary/aromatic N) is 2. The smallest absolute Gasteiger partial charge is 0.344 e. The summed E-state index contributed by atoms with van der Waals surface area (Å²) >= 11 is 0. The number of benzene rings is 1. The van der Waals surface area contributed by atoms with E-state index in [0.717, 1.165) is 36.2 Å². The Morgan fingerprint density at radius 1 is 1.14 bits per heavy atom. The fourth-order valence-electron chi connectivity index (χ4n) is 3.49. The Hall–Kier alpha value is -2.56. The van der Waals surface area contributed by atoms with Crippen molar-refractivity contribution in [2.75, 3.05) is 6.61 Å². The molecule has 0 bridgehead atoms. The molecule has 0 N–H and O–H groups in total. The maximum atomic E-state index is 12.2. The van der Waals surface area contributed by atoms with Crippen LogP contribution in [-0.2, 0) is 9.53 Å². The first kappa shape index (κ1) is 20.2. The number of para-hydroxylation sites is 1. The van der Waals surface area contributed by atoms with Gasteiger partial charge in [-0.2, -0.15) is 5.10 Å². The molecule has 0 saturated heterocycles. The number of allylic oxidation sites excluding steroid dienone is 2. The number of carbonyl (C=O) groups excluding carboxylic acids is 1. The van der Waals surface area contributed by atoms with Crippen LogP contribution in [0.2, 0.25) is 0 Å². The van der Waals surface area contributed by atoms with Crippen LogP contribution in [0.5, 0.6) is 5.88 Å². The van der Waals surface area contributed by atoms with E-state index in [2.05, 4.69) is 6.08 Å². The number of hydrogen-bond acceptors (Lipinski definition) is 4. The summed E-state index contributed by atoms with van der Waals surface area (Å²) in [6, 6.07) is 9.87. The SMILES string of the molecule is Cc1nn(-c2ccccc2)c(OCC(=O)OC(C)(C)C)c1C1=CCCCCC1. The molecule has 1 heterocycles. The van der Waals surface area contributed by atoms with Crippen LogP contribution in [0, 0.1) is 6.92 Å². The molecule has 0 radical (unpaired) electrons. The number of ether oxygens (including phenoxy) is 2. The van der Waals surface area contributed by atoms with Crippen LogP contribution in [0.4, 0.5) is 0 Å². The predicted molar refractivity (Wildman–Crippen MR) is 111 cm³/mol. The molecule has 5 heteroatoms. The van der Waals surface area contributed by atoms with Gasteiger partial charge in [0, 0.05) is 0 Å². The Kier molecular flexibility index (Phi) is 6.22.